The molecule has 1 aliphatic rings. The van der Waals surface area contributed by atoms with Gasteiger partial charge in [-0.3, -0.25) is 9.79 Å². The molecule has 2 aromatic heterocycles. The minimum absolute atomic E-state index is 0.0612. The normalized spacial score (nSPS) is 15.7. The fourth-order valence-corrected chi connectivity index (χ4v) is 4.80. The largest absolute Gasteiger partial charge is 0.370 e. The van der Waals surface area contributed by atoms with Crippen LogP contribution in [0.5, 0.6) is 0 Å². The lowest BCUT2D eigenvalue weighted by atomic mass is 9.96. The summed E-state index contributed by atoms with van der Waals surface area (Å²) in [6, 6.07) is 7.05. The van der Waals surface area contributed by atoms with Gasteiger partial charge in [0.2, 0.25) is 5.91 Å². The van der Waals surface area contributed by atoms with E-state index in [2.05, 4.69) is 19.0 Å². The highest BCUT2D eigenvalue weighted by molar-refractivity contribution is 7.16. The molecule has 0 fully saturated rings. The van der Waals surface area contributed by atoms with Crippen LogP contribution in [0.15, 0.2) is 33.8 Å². The third kappa shape index (κ3) is 2.99. The number of carbonyl (C=O) groups excluding carboxylic acids is 1. The van der Waals surface area contributed by atoms with Crippen molar-refractivity contribution in [3.63, 3.8) is 0 Å². The van der Waals surface area contributed by atoms with Crippen LogP contribution in [0, 0.1) is 20.8 Å². The molecule has 5 nitrogen and oxygen atoms in total. The van der Waals surface area contributed by atoms with Gasteiger partial charge in [-0.2, -0.15) is 0 Å². The molecule has 4 rings (SSSR count). The van der Waals surface area contributed by atoms with Crippen molar-refractivity contribution in [1.82, 2.24) is 5.16 Å². The van der Waals surface area contributed by atoms with E-state index >= 15 is 0 Å². The molecule has 27 heavy (non-hydrogen) atoms. The average molecular weight is 400 g/mol. The summed E-state index contributed by atoms with van der Waals surface area (Å²) >= 11 is 7.76. The first-order chi connectivity index (χ1) is 12.9. The van der Waals surface area contributed by atoms with Gasteiger partial charge in [-0.25, -0.2) is 0 Å². The molecular weight excluding hydrogens is 382 g/mol. The van der Waals surface area contributed by atoms with Crippen LogP contribution in [0.25, 0.3) is 10.4 Å². The number of thiophene rings is 1. The number of fused-ring (bicyclic) bond motifs is 3. The van der Waals surface area contributed by atoms with Crippen LogP contribution in [0.4, 0.5) is 0 Å². The van der Waals surface area contributed by atoms with Crippen LogP contribution in [0.1, 0.15) is 45.5 Å². The summed E-state index contributed by atoms with van der Waals surface area (Å²) in [7, 11) is 0. The van der Waals surface area contributed by atoms with Gasteiger partial charge in [0, 0.05) is 25.9 Å². The van der Waals surface area contributed by atoms with E-state index in [1.54, 1.807) is 11.3 Å². The number of benzene rings is 1. The summed E-state index contributed by atoms with van der Waals surface area (Å²) in [5, 5.41) is 4.80. The highest BCUT2D eigenvalue weighted by atomic mass is 35.5. The van der Waals surface area contributed by atoms with Crippen molar-refractivity contribution >= 4 is 34.6 Å². The van der Waals surface area contributed by atoms with E-state index in [0.29, 0.717) is 10.8 Å². The van der Waals surface area contributed by atoms with E-state index < -0.39 is 11.9 Å². The number of carbonyl (C=O) groups is 1. The summed E-state index contributed by atoms with van der Waals surface area (Å²) in [4.78, 5) is 18.9. The summed E-state index contributed by atoms with van der Waals surface area (Å²) in [5.74, 6) is 0.162. The number of nitrogens with two attached hydrogens (primary N) is 1. The maximum absolute atomic E-state index is 11.7. The van der Waals surface area contributed by atoms with Crippen molar-refractivity contribution in [2.75, 3.05) is 0 Å². The first kappa shape index (κ1) is 17.9. The quantitative estimate of drug-likeness (QED) is 0.689. The zero-order valence-electron chi connectivity index (χ0n) is 15.2. The number of halogens is 1. The number of aryl methyl sites for hydroxylation is 2. The monoisotopic (exact) mass is 399 g/mol. The molecule has 0 bridgehead atoms. The minimum Gasteiger partial charge on any atom is -0.370 e. The summed E-state index contributed by atoms with van der Waals surface area (Å²) in [6.07, 6.45) is 0.0612. The third-order valence-electron chi connectivity index (χ3n) is 4.84. The fourth-order valence-electron chi connectivity index (χ4n) is 3.41. The Morgan fingerprint density at radius 3 is 2.59 bits per heavy atom. The minimum atomic E-state index is -0.510. The Morgan fingerprint density at radius 1 is 1.22 bits per heavy atom. The Balaban J connectivity index is 2.04. The van der Waals surface area contributed by atoms with Crippen molar-refractivity contribution in [2.24, 2.45) is 10.7 Å². The van der Waals surface area contributed by atoms with Gasteiger partial charge in [0.15, 0.2) is 5.76 Å². The Morgan fingerprint density at radius 2 is 1.93 bits per heavy atom. The second-order valence-corrected chi connectivity index (χ2v) is 8.33. The molecule has 7 heteroatoms. The van der Waals surface area contributed by atoms with Crippen molar-refractivity contribution in [1.29, 1.82) is 0 Å². The standard InChI is InChI=1S/C20H18ClN3O2S/c1-9-11(3)27-20-16(9)18(12-4-6-13(21)7-5-12)23-14(8-15(22)25)19-17(20)10(2)24-26-19/h4-7,14H,8H2,1-3H3,(H2,22,25)/t14-/m0/s1. The Kier molecular flexibility index (Phi) is 4.40. The maximum Gasteiger partial charge on any atom is 0.220 e. The van der Waals surface area contributed by atoms with E-state index in [-0.39, 0.29) is 6.42 Å². The summed E-state index contributed by atoms with van der Waals surface area (Å²) in [5.41, 5.74) is 11.2. The number of aliphatic imine (C=N–C) groups is 1. The van der Waals surface area contributed by atoms with Crippen molar-refractivity contribution in [3.8, 4) is 10.4 Å². The number of rotatable bonds is 3. The molecule has 2 N–H and O–H groups in total. The highest BCUT2D eigenvalue weighted by Gasteiger charge is 2.33. The smallest absolute Gasteiger partial charge is 0.220 e. The van der Waals surface area contributed by atoms with E-state index in [9.17, 15) is 4.79 Å². The zero-order valence-corrected chi connectivity index (χ0v) is 16.7. The predicted molar refractivity (Wildman–Crippen MR) is 108 cm³/mol. The fraction of sp³-hybridized carbons (Fsp3) is 0.250. The molecule has 0 unspecified atom stereocenters. The van der Waals surface area contributed by atoms with E-state index in [0.717, 1.165) is 38.5 Å². The molecule has 3 heterocycles. The second-order valence-electron chi connectivity index (χ2n) is 6.67. The van der Waals surface area contributed by atoms with E-state index in [1.807, 2.05) is 31.2 Å². The molecule has 138 valence electrons. The van der Waals surface area contributed by atoms with Gasteiger partial charge in [-0.1, -0.05) is 28.9 Å². The van der Waals surface area contributed by atoms with Crippen LogP contribution in [0.2, 0.25) is 5.02 Å². The lowest BCUT2D eigenvalue weighted by molar-refractivity contribution is -0.118. The number of nitrogens with zero attached hydrogens (tertiary/aromatic N) is 2. The zero-order chi connectivity index (χ0) is 19.3. The third-order valence-corrected chi connectivity index (χ3v) is 6.31. The van der Waals surface area contributed by atoms with Gasteiger partial charge in [0.05, 0.1) is 23.4 Å². The molecule has 1 aromatic carbocycles. The SMILES string of the molecule is Cc1noc2c1-c1sc(C)c(C)c1C(c1ccc(Cl)cc1)=N[C@H]2CC(N)=O. The maximum atomic E-state index is 11.7. The Labute approximate surface area is 165 Å². The van der Waals surface area contributed by atoms with Gasteiger partial charge in [-0.05, 0) is 38.5 Å². The molecule has 1 atom stereocenters. The van der Waals surface area contributed by atoms with Gasteiger partial charge >= 0.3 is 0 Å². The lowest BCUT2D eigenvalue weighted by Gasteiger charge is -2.11. The molecule has 0 saturated heterocycles. The Hall–Kier alpha value is -2.44. The van der Waals surface area contributed by atoms with E-state index in [1.165, 1.54) is 4.88 Å². The van der Waals surface area contributed by atoms with Gasteiger partial charge in [-0.15, -0.1) is 11.3 Å². The van der Waals surface area contributed by atoms with Crippen LogP contribution in [0.3, 0.4) is 0 Å². The first-order valence-corrected chi connectivity index (χ1v) is 9.75. The topological polar surface area (TPSA) is 81.5 Å². The van der Waals surface area contributed by atoms with Crippen molar-refractivity contribution in [3.05, 3.63) is 62.3 Å². The molecule has 0 saturated carbocycles. The number of aromatic nitrogens is 1. The highest BCUT2D eigenvalue weighted by Crippen LogP contribution is 2.46. The number of primary amides is 1. The molecule has 3 aromatic rings. The lowest BCUT2D eigenvalue weighted by Crippen LogP contribution is -2.15. The van der Waals surface area contributed by atoms with Gasteiger partial charge < -0.3 is 10.3 Å². The molecule has 0 spiro atoms. The van der Waals surface area contributed by atoms with Gasteiger partial charge in [0.25, 0.3) is 0 Å². The van der Waals surface area contributed by atoms with Crippen LogP contribution < -0.4 is 5.73 Å². The van der Waals surface area contributed by atoms with Crippen molar-refractivity contribution in [2.45, 2.75) is 33.2 Å². The molecule has 0 radical (unpaired) electrons. The second kappa shape index (κ2) is 6.62. The predicted octanol–water partition coefficient (Wildman–Crippen LogP) is 4.75. The molecule has 1 aliphatic heterocycles. The molecule has 1 amide bonds. The average Bonchev–Trinajstić information content (AvgIpc) is 3.08. The molecule has 0 aliphatic carbocycles. The van der Waals surface area contributed by atoms with Crippen LogP contribution in [-0.2, 0) is 4.79 Å². The van der Waals surface area contributed by atoms with Crippen LogP contribution >= 0.6 is 22.9 Å². The number of amides is 1. The number of hydrogen-bond acceptors (Lipinski definition) is 5. The van der Waals surface area contributed by atoms with Crippen molar-refractivity contribution < 1.29 is 9.32 Å². The van der Waals surface area contributed by atoms with Crippen LogP contribution in [-0.4, -0.2) is 16.8 Å². The summed E-state index contributed by atoms with van der Waals surface area (Å²) < 4.78 is 5.61. The first-order valence-electron chi connectivity index (χ1n) is 8.55. The Bertz CT molecular complexity index is 1080. The summed E-state index contributed by atoms with van der Waals surface area (Å²) in [6.45, 7) is 6.09. The van der Waals surface area contributed by atoms with Gasteiger partial charge in [0.1, 0.15) is 6.04 Å². The van der Waals surface area contributed by atoms with E-state index in [4.69, 9.17) is 26.9 Å². The molecular formula is C20H18ClN3O2S. The number of hydrogen-bond donors (Lipinski definition) is 1.